The molecule has 0 aromatic rings. The zero-order valence-electron chi connectivity index (χ0n) is 10.9. The van der Waals surface area contributed by atoms with Crippen LogP contribution in [0.1, 0.15) is 25.7 Å². The molecule has 3 N–H and O–H groups in total. The lowest BCUT2D eigenvalue weighted by molar-refractivity contribution is 0.0822. The van der Waals surface area contributed by atoms with Crippen LogP contribution in [0.15, 0.2) is 0 Å². The van der Waals surface area contributed by atoms with E-state index in [1.807, 2.05) is 0 Å². The van der Waals surface area contributed by atoms with Gasteiger partial charge < -0.3 is 15.7 Å². The van der Waals surface area contributed by atoms with Crippen LogP contribution in [0, 0.1) is 5.92 Å². The van der Waals surface area contributed by atoms with Crippen molar-refractivity contribution in [2.75, 3.05) is 45.9 Å². The van der Waals surface area contributed by atoms with Crippen molar-refractivity contribution < 1.29 is 5.11 Å². The highest BCUT2D eigenvalue weighted by molar-refractivity contribution is 4.81. The molecular weight excluding hydrogens is 214 g/mol. The number of rotatable bonds is 5. The molecule has 2 saturated heterocycles. The van der Waals surface area contributed by atoms with Gasteiger partial charge in [0.15, 0.2) is 0 Å². The molecule has 2 rings (SSSR count). The van der Waals surface area contributed by atoms with Gasteiger partial charge >= 0.3 is 0 Å². The van der Waals surface area contributed by atoms with E-state index in [0.29, 0.717) is 6.54 Å². The molecule has 2 fully saturated rings. The Kier molecular flexibility index (Phi) is 5.22. The van der Waals surface area contributed by atoms with Gasteiger partial charge in [0.25, 0.3) is 0 Å². The quantitative estimate of drug-likeness (QED) is 0.717. The van der Waals surface area contributed by atoms with Crippen molar-refractivity contribution in [3.05, 3.63) is 0 Å². The summed E-state index contributed by atoms with van der Waals surface area (Å²) in [5, 5.41) is 9.24. The summed E-state index contributed by atoms with van der Waals surface area (Å²) in [7, 11) is 0. The van der Waals surface area contributed by atoms with Gasteiger partial charge in [0, 0.05) is 19.1 Å². The predicted octanol–water partition coefficient (Wildman–Crippen LogP) is 0.114. The second kappa shape index (κ2) is 6.69. The van der Waals surface area contributed by atoms with Gasteiger partial charge in [-0.3, -0.25) is 4.90 Å². The maximum atomic E-state index is 9.24. The molecule has 2 aliphatic rings. The van der Waals surface area contributed by atoms with E-state index in [2.05, 4.69) is 9.80 Å². The van der Waals surface area contributed by atoms with E-state index in [0.717, 1.165) is 19.0 Å². The molecule has 2 aliphatic heterocycles. The molecule has 0 amide bonds. The summed E-state index contributed by atoms with van der Waals surface area (Å²) in [4.78, 5) is 4.98. The normalized spacial score (nSPS) is 26.5. The first-order valence-electron chi connectivity index (χ1n) is 7.11. The van der Waals surface area contributed by atoms with Gasteiger partial charge in [-0.2, -0.15) is 0 Å². The minimum Gasteiger partial charge on any atom is -0.395 e. The Morgan fingerprint density at radius 3 is 2.29 bits per heavy atom. The van der Waals surface area contributed by atoms with Gasteiger partial charge in [-0.25, -0.2) is 0 Å². The molecule has 2 heterocycles. The fourth-order valence-electron chi connectivity index (χ4n) is 3.17. The van der Waals surface area contributed by atoms with Crippen LogP contribution in [-0.4, -0.2) is 66.8 Å². The van der Waals surface area contributed by atoms with E-state index in [9.17, 15) is 5.11 Å². The summed E-state index contributed by atoms with van der Waals surface area (Å²) in [5.74, 6) is 0.862. The molecule has 4 nitrogen and oxygen atoms in total. The van der Waals surface area contributed by atoms with Crippen molar-refractivity contribution in [1.82, 2.24) is 9.80 Å². The lowest BCUT2D eigenvalue weighted by atomic mass is 9.95. The summed E-state index contributed by atoms with van der Waals surface area (Å²) < 4.78 is 0. The van der Waals surface area contributed by atoms with Crippen molar-refractivity contribution in [2.24, 2.45) is 11.7 Å². The van der Waals surface area contributed by atoms with Crippen LogP contribution in [0.4, 0.5) is 0 Å². The zero-order valence-corrected chi connectivity index (χ0v) is 10.9. The smallest absolute Gasteiger partial charge is 0.0599 e. The van der Waals surface area contributed by atoms with Crippen LogP contribution in [0.2, 0.25) is 0 Å². The Hall–Kier alpha value is -0.160. The lowest BCUT2D eigenvalue weighted by Gasteiger charge is -2.37. The van der Waals surface area contributed by atoms with Crippen molar-refractivity contribution in [1.29, 1.82) is 0 Å². The van der Waals surface area contributed by atoms with Gasteiger partial charge in [0.2, 0.25) is 0 Å². The fourth-order valence-corrected chi connectivity index (χ4v) is 3.17. The van der Waals surface area contributed by atoms with E-state index in [1.165, 1.54) is 45.3 Å². The van der Waals surface area contributed by atoms with Crippen LogP contribution < -0.4 is 5.73 Å². The average Bonchev–Trinajstić information content (AvgIpc) is 2.86. The monoisotopic (exact) mass is 241 g/mol. The number of nitrogens with zero attached hydrogens (tertiary/aromatic N) is 2. The number of aliphatic hydroxyl groups excluding tert-OH is 1. The first-order valence-corrected chi connectivity index (χ1v) is 7.11. The lowest BCUT2D eigenvalue weighted by Crippen LogP contribution is -2.48. The van der Waals surface area contributed by atoms with Crippen LogP contribution >= 0.6 is 0 Å². The molecular formula is C13H27N3O. The van der Waals surface area contributed by atoms with E-state index in [-0.39, 0.29) is 12.6 Å². The standard InChI is InChI=1S/C13H27N3O/c14-9-13(11-17)16-7-3-12(4-8-16)10-15-5-1-2-6-15/h12-13,17H,1-11,14H2. The molecule has 0 spiro atoms. The van der Waals surface area contributed by atoms with Crippen LogP contribution in [0.5, 0.6) is 0 Å². The third kappa shape index (κ3) is 3.65. The van der Waals surface area contributed by atoms with Gasteiger partial charge in [-0.1, -0.05) is 0 Å². The number of hydrogen-bond acceptors (Lipinski definition) is 4. The molecule has 4 heteroatoms. The Labute approximate surface area is 105 Å². The Balaban J connectivity index is 1.69. The number of hydrogen-bond donors (Lipinski definition) is 2. The third-order valence-corrected chi connectivity index (χ3v) is 4.36. The van der Waals surface area contributed by atoms with E-state index < -0.39 is 0 Å². The molecule has 0 bridgehead atoms. The summed E-state index contributed by atoms with van der Waals surface area (Å²) >= 11 is 0. The minimum absolute atomic E-state index is 0.183. The summed E-state index contributed by atoms with van der Waals surface area (Å²) in [6.07, 6.45) is 5.32. The number of nitrogens with two attached hydrogens (primary N) is 1. The molecule has 17 heavy (non-hydrogen) atoms. The van der Waals surface area contributed by atoms with E-state index in [1.54, 1.807) is 0 Å². The fraction of sp³-hybridized carbons (Fsp3) is 1.00. The number of aliphatic hydroxyl groups is 1. The number of piperidine rings is 1. The predicted molar refractivity (Wildman–Crippen MR) is 69.9 cm³/mol. The second-order valence-electron chi connectivity index (χ2n) is 5.56. The number of likely N-dealkylation sites (tertiary alicyclic amines) is 2. The third-order valence-electron chi connectivity index (χ3n) is 4.36. The first-order chi connectivity index (χ1) is 8.33. The van der Waals surface area contributed by atoms with E-state index >= 15 is 0 Å². The Morgan fingerprint density at radius 1 is 1.12 bits per heavy atom. The van der Waals surface area contributed by atoms with Gasteiger partial charge in [0.1, 0.15) is 0 Å². The molecule has 0 aromatic heterocycles. The zero-order chi connectivity index (χ0) is 12.1. The largest absolute Gasteiger partial charge is 0.395 e. The molecule has 1 unspecified atom stereocenters. The molecule has 0 saturated carbocycles. The van der Waals surface area contributed by atoms with Crippen molar-refractivity contribution in [3.63, 3.8) is 0 Å². The van der Waals surface area contributed by atoms with Crippen LogP contribution in [0.3, 0.4) is 0 Å². The summed E-state index contributed by atoms with van der Waals surface area (Å²) in [6.45, 7) is 6.91. The molecule has 0 aliphatic carbocycles. The van der Waals surface area contributed by atoms with Gasteiger partial charge in [-0.05, 0) is 57.8 Å². The molecule has 0 aromatic carbocycles. The maximum absolute atomic E-state index is 9.24. The molecule has 0 radical (unpaired) electrons. The maximum Gasteiger partial charge on any atom is 0.0599 e. The van der Waals surface area contributed by atoms with Gasteiger partial charge in [-0.15, -0.1) is 0 Å². The average molecular weight is 241 g/mol. The highest BCUT2D eigenvalue weighted by Crippen LogP contribution is 2.21. The molecule has 1 atom stereocenters. The van der Waals surface area contributed by atoms with Crippen molar-refractivity contribution in [3.8, 4) is 0 Å². The summed E-state index contributed by atoms with van der Waals surface area (Å²) in [5.41, 5.74) is 5.67. The Morgan fingerprint density at radius 2 is 1.76 bits per heavy atom. The highest BCUT2D eigenvalue weighted by Gasteiger charge is 2.25. The Bertz CT molecular complexity index is 207. The minimum atomic E-state index is 0.183. The van der Waals surface area contributed by atoms with Crippen LogP contribution in [-0.2, 0) is 0 Å². The van der Waals surface area contributed by atoms with E-state index in [4.69, 9.17) is 5.73 Å². The molecule has 100 valence electrons. The second-order valence-corrected chi connectivity index (χ2v) is 5.56. The highest BCUT2D eigenvalue weighted by atomic mass is 16.3. The first kappa shape index (κ1) is 13.3. The summed E-state index contributed by atoms with van der Waals surface area (Å²) in [6, 6.07) is 0.183. The van der Waals surface area contributed by atoms with Gasteiger partial charge in [0.05, 0.1) is 6.61 Å². The topological polar surface area (TPSA) is 52.7 Å². The van der Waals surface area contributed by atoms with Crippen molar-refractivity contribution >= 4 is 0 Å². The van der Waals surface area contributed by atoms with Crippen LogP contribution in [0.25, 0.3) is 0 Å². The SMILES string of the molecule is NCC(CO)N1CCC(CN2CCCC2)CC1. The van der Waals surface area contributed by atoms with Crippen molar-refractivity contribution in [2.45, 2.75) is 31.7 Å².